The van der Waals surface area contributed by atoms with Gasteiger partial charge in [-0.05, 0) is 25.4 Å². The molecule has 76 valence electrons. The van der Waals surface area contributed by atoms with Crippen molar-refractivity contribution < 1.29 is 9.90 Å². The number of aliphatic carboxylic acids is 1. The smallest absolute Gasteiger partial charge is 0.321 e. The molecule has 1 rings (SSSR count). The second-order valence-electron chi connectivity index (χ2n) is 3.59. The molecule has 0 aromatic carbocycles. The first-order valence-corrected chi connectivity index (χ1v) is 4.54. The third-order valence-electron chi connectivity index (χ3n) is 2.48. The molecule has 0 radical (unpaired) electrons. The lowest BCUT2D eigenvalue weighted by atomic mass is 10.1. The van der Waals surface area contributed by atoms with Gasteiger partial charge in [0.1, 0.15) is 6.04 Å². The van der Waals surface area contributed by atoms with Crippen LogP contribution in [-0.4, -0.2) is 48.2 Å². The fourth-order valence-electron chi connectivity index (χ4n) is 1.63. The van der Waals surface area contributed by atoms with Gasteiger partial charge in [0.05, 0.1) is 0 Å². The molecule has 1 aliphatic heterocycles. The number of nitrogens with two attached hydrogens (primary N) is 2. The van der Waals surface area contributed by atoms with Gasteiger partial charge in [0.25, 0.3) is 0 Å². The molecule has 5 heteroatoms. The van der Waals surface area contributed by atoms with Crippen LogP contribution in [-0.2, 0) is 4.79 Å². The van der Waals surface area contributed by atoms with Crippen LogP contribution in [0.3, 0.4) is 0 Å². The molecule has 1 saturated heterocycles. The monoisotopic (exact) mass is 187 g/mol. The van der Waals surface area contributed by atoms with Crippen LogP contribution in [0.1, 0.15) is 6.42 Å². The van der Waals surface area contributed by atoms with Gasteiger partial charge in [0, 0.05) is 13.1 Å². The first-order chi connectivity index (χ1) is 6.13. The van der Waals surface area contributed by atoms with E-state index in [2.05, 4.69) is 4.90 Å². The third kappa shape index (κ3) is 2.95. The maximum Gasteiger partial charge on any atom is 0.321 e. The minimum absolute atomic E-state index is 0.436. The fraction of sp³-hybridized carbons (Fsp3) is 0.875. The van der Waals surface area contributed by atoms with E-state index >= 15 is 0 Å². The van der Waals surface area contributed by atoms with Crippen molar-refractivity contribution in [3.8, 4) is 0 Å². The van der Waals surface area contributed by atoms with E-state index in [1.54, 1.807) is 0 Å². The van der Waals surface area contributed by atoms with Gasteiger partial charge in [0.2, 0.25) is 0 Å². The SMILES string of the molecule is NCC1CCN(CC(N)C(=O)O)C1. The van der Waals surface area contributed by atoms with E-state index in [4.69, 9.17) is 16.6 Å². The molecule has 5 N–H and O–H groups in total. The second-order valence-corrected chi connectivity index (χ2v) is 3.59. The highest BCUT2D eigenvalue weighted by Crippen LogP contribution is 2.14. The molecule has 13 heavy (non-hydrogen) atoms. The molecule has 1 heterocycles. The Kier molecular flexibility index (Phi) is 3.65. The number of rotatable bonds is 4. The van der Waals surface area contributed by atoms with Crippen molar-refractivity contribution in [1.29, 1.82) is 0 Å². The van der Waals surface area contributed by atoms with Crippen LogP contribution in [0.15, 0.2) is 0 Å². The Bertz CT molecular complexity index is 186. The highest BCUT2D eigenvalue weighted by molar-refractivity contribution is 5.73. The van der Waals surface area contributed by atoms with Crippen LogP contribution < -0.4 is 11.5 Å². The molecule has 2 atom stereocenters. The summed E-state index contributed by atoms with van der Waals surface area (Å²) >= 11 is 0. The number of hydrogen-bond donors (Lipinski definition) is 3. The number of hydrogen-bond acceptors (Lipinski definition) is 4. The molecule has 0 aromatic heterocycles. The fourth-order valence-corrected chi connectivity index (χ4v) is 1.63. The van der Waals surface area contributed by atoms with E-state index in [9.17, 15) is 4.79 Å². The molecule has 5 nitrogen and oxygen atoms in total. The lowest BCUT2D eigenvalue weighted by Gasteiger charge is -2.17. The summed E-state index contributed by atoms with van der Waals surface area (Å²) in [5.74, 6) is -0.419. The highest BCUT2D eigenvalue weighted by Gasteiger charge is 2.24. The van der Waals surface area contributed by atoms with Crippen LogP contribution in [0.2, 0.25) is 0 Å². The van der Waals surface area contributed by atoms with Gasteiger partial charge in [-0.25, -0.2) is 0 Å². The zero-order valence-corrected chi connectivity index (χ0v) is 7.65. The quantitative estimate of drug-likeness (QED) is 0.507. The Morgan fingerprint density at radius 1 is 1.69 bits per heavy atom. The zero-order chi connectivity index (χ0) is 9.84. The van der Waals surface area contributed by atoms with E-state index in [-0.39, 0.29) is 0 Å². The summed E-state index contributed by atoms with van der Waals surface area (Å²) in [5.41, 5.74) is 10.9. The minimum Gasteiger partial charge on any atom is -0.480 e. The number of carbonyl (C=O) groups is 1. The molecule has 2 unspecified atom stereocenters. The molecule has 0 bridgehead atoms. The molecule has 1 aliphatic rings. The average Bonchev–Trinajstić information content (AvgIpc) is 2.52. The van der Waals surface area contributed by atoms with E-state index in [0.29, 0.717) is 19.0 Å². The van der Waals surface area contributed by atoms with Gasteiger partial charge in [0.15, 0.2) is 0 Å². The highest BCUT2D eigenvalue weighted by atomic mass is 16.4. The van der Waals surface area contributed by atoms with Crippen LogP contribution in [0.5, 0.6) is 0 Å². The Hall–Kier alpha value is -0.650. The standard InChI is InChI=1S/C8H17N3O2/c9-3-6-1-2-11(4-6)5-7(10)8(12)13/h6-7H,1-5,9-10H2,(H,12,13). The molecule has 0 amide bonds. The summed E-state index contributed by atoms with van der Waals surface area (Å²) in [6, 6.07) is -0.767. The maximum absolute atomic E-state index is 10.5. The summed E-state index contributed by atoms with van der Waals surface area (Å²) < 4.78 is 0. The Labute approximate surface area is 77.7 Å². The summed E-state index contributed by atoms with van der Waals surface area (Å²) in [7, 11) is 0. The van der Waals surface area contributed by atoms with Gasteiger partial charge in [-0.3, -0.25) is 4.79 Å². The van der Waals surface area contributed by atoms with Crippen molar-refractivity contribution in [2.75, 3.05) is 26.2 Å². The summed E-state index contributed by atoms with van der Waals surface area (Å²) in [6.45, 7) is 2.92. The average molecular weight is 187 g/mol. The topological polar surface area (TPSA) is 92.6 Å². The van der Waals surface area contributed by atoms with E-state index in [1.165, 1.54) is 0 Å². The molecule has 1 fully saturated rings. The molecule has 0 saturated carbocycles. The Morgan fingerprint density at radius 2 is 2.38 bits per heavy atom. The normalized spacial score (nSPS) is 26.2. The van der Waals surface area contributed by atoms with Crippen LogP contribution in [0.25, 0.3) is 0 Å². The minimum atomic E-state index is -0.934. The summed E-state index contributed by atoms with van der Waals surface area (Å²) in [6.07, 6.45) is 1.06. The van der Waals surface area contributed by atoms with Crippen molar-refractivity contribution in [3.05, 3.63) is 0 Å². The van der Waals surface area contributed by atoms with Gasteiger partial charge in [-0.2, -0.15) is 0 Å². The van der Waals surface area contributed by atoms with Crippen molar-refractivity contribution in [2.24, 2.45) is 17.4 Å². The molecule has 0 spiro atoms. The molecule has 0 aromatic rings. The first kappa shape index (κ1) is 10.4. The maximum atomic E-state index is 10.5. The predicted molar refractivity (Wildman–Crippen MR) is 49.2 cm³/mol. The van der Waals surface area contributed by atoms with Crippen LogP contribution in [0.4, 0.5) is 0 Å². The largest absolute Gasteiger partial charge is 0.480 e. The van der Waals surface area contributed by atoms with Gasteiger partial charge in [-0.15, -0.1) is 0 Å². The predicted octanol–water partition coefficient (Wildman–Crippen LogP) is -1.32. The van der Waals surface area contributed by atoms with Crippen molar-refractivity contribution in [3.63, 3.8) is 0 Å². The number of nitrogens with zero attached hydrogens (tertiary/aromatic N) is 1. The lowest BCUT2D eigenvalue weighted by molar-refractivity contribution is -0.138. The molecule has 0 aliphatic carbocycles. The lowest BCUT2D eigenvalue weighted by Crippen LogP contribution is -2.42. The van der Waals surface area contributed by atoms with Gasteiger partial charge < -0.3 is 21.5 Å². The Morgan fingerprint density at radius 3 is 2.85 bits per heavy atom. The Balaban J connectivity index is 2.27. The van der Waals surface area contributed by atoms with Crippen molar-refractivity contribution >= 4 is 5.97 Å². The van der Waals surface area contributed by atoms with E-state index in [0.717, 1.165) is 19.5 Å². The van der Waals surface area contributed by atoms with Gasteiger partial charge in [-0.1, -0.05) is 0 Å². The summed E-state index contributed by atoms with van der Waals surface area (Å²) in [4.78, 5) is 12.5. The van der Waals surface area contributed by atoms with E-state index < -0.39 is 12.0 Å². The zero-order valence-electron chi connectivity index (χ0n) is 7.65. The first-order valence-electron chi connectivity index (χ1n) is 4.54. The number of carboxylic acid groups (broad SMARTS) is 1. The molecular weight excluding hydrogens is 170 g/mol. The van der Waals surface area contributed by atoms with Crippen molar-refractivity contribution in [2.45, 2.75) is 12.5 Å². The van der Waals surface area contributed by atoms with Crippen LogP contribution >= 0.6 is 0 Å². The van der Waals surface area contributed by atoms with Gasteiger partial charge >= 0.3 is 5.97 Å². The summed E-state index contributed by atoms with van der Waals surface area (Å²) in [5, 5.41) is 8.59. The van der Waals surface area contributed by atoms with Crippen molar-refractivity contribution in [1.82, 2.24) is 4.90 Å². The third-order valence-corrected chi connectivity index (χ3v) is 2.48. The second kappa shape index (κ2) is 4.55. The number of carboxylic acids is 1. The van der Waals surface area contributed by atoms with Crippen LogP contribution in [0, 0.1) is 5.92 Å². The molecular formula is C8H17N3O2. The number of likely N-dealkylation sites (tertiary alicyclic amines) is 1. The van der Waals surface area contributed by atoms with E-state index in [1.807, 2.05) is 0 Å².